The van der Waals surface area contributed by atoms with Crippen LogP contribution in [0.3, 0.4) is 0 Å². The lowest BCUT2D eigenvalue weighted by molar-refractivity contribution is 0.102. The highest BCUT2D eigenvalue weighted by molar-refractivity contribution is 7.22. The quantitative estimate of drug-likeness (QED) is 0.502. The SMILES string of the molecule is O=C(Nc1nc2cc3c(cc2s1)OCCO3)c1ccc2c(=O)n3c(nc2c1)CCCCC3. The van der Waals surface area contributed by atoms with Crippen molar-refractivity contribution < 1.29 is 14.3 Å². The third-order valence-electron chi connectivity index (χ3n) is 5.85. The fourth-order valence-corrected chi connectivity index (χ4v) is 5.12. The van der Waals surface area contributed by atoms with Crippen LogP contribution in [-0.4, -0.2) is 33.7 Å². The molecule has 2 aromatic carbocycles. The molecule has 0 radical (unpaired) electrons. The molecule has 32 heavy (non-hydrogen) atoms. The van der Waals surface area contributed by atoms with Gasteiger partial charge in [0.1, 0.15) is 19.0 Å². The average Bonchev–Trinajstić information content (AvgIpc) is 3.02. The van der Waals surface area contributed by atoms with Gasteiger partial charge in [0.25, 0.3) is 11.5 Å². The van der Waals surface area contributed by atoms with Crippen molar-refractivity contribution >= 4 is 43.5 Å². The standard InChI is InChI=1S/C23H20N4O4S/c28-21(26-23-25-16-11-17-18(12-19(16)32-23)31-9-8-30-17)13-5-6-14-15(10-13)24-20-4-2-1-3-7-27(20)22(14)29/h5-6,10-12H,1-4,7-9H2,(H,25,26,28). The first-order chi connectivity index (χ1) is 15.7. The van der Waals surface area contributed by atoms with Gasteiger partial charge >= 0.3 is 0 Å². The summed E-state index contributed by atoms with van der Waals surface area (Å²) in [6.45, 7) is 1.73. The Kier molecular flexibility index (Phi) is 4.57. The molecule has 2 aromatic heterocycles. The van der Waals surface area contributed by atoms with Crippen LogP contribution in [0.4, 0.5) is 5.13 Å². The Morgan fingerprint density at radius 1 is 1.00 bits per heavy atom. The average molecular weight is 449 g/mol. The number of carbonyl (C=O) groups is 1. The number of fused-ring (bicyclic) bond motifs is 4. The van der Waals surface area contributed by atoms with Crippen LogP contribution < -0.4 is 20.3 Å². The van der Waals surface area contributed by atoms with Crippen LogP contribution in [0, 0.1) is 0 Å². The van der Waals surface area contributed by atoms with Gasteiger partial charge in [0.2, 0.25) is 0 Å². The van der Waals surface area contributed by atoms with E-state index in [1.165, 1.54) is 11.3 Å². The van der Waals surface area contributed by atoms with Crippen molar-refractivity contribution in [2.45, 2.75) is 32.2 Å². The molecule has 0 saturated heterocycles. The lowest BCUT2D eigenvalue weighted by Crippen LogP contribution is -2.24. The Morgan fingerprint density at radius 2 is 1.84 bits per heavy atom. The Morgan fingerprint density at radius 3 is 2.72 bits per heavy atom. The van der Waals surface area contributed by atoms with E-state index in [9.17, 15) is 9.59 Å². The number of thiazole rings is 1. The summed E-state index contributed by atoms with van der Waals surface area (Å²) in [5, 5.41) is 3.89. The molecule has 4 aromatic rings. The van der Waals surface area contributed by atoms with Gasteiger partial charge in [-0.05, 0) is 31.0 Å². The number of rotatable bonds is 2. The highest BCUT2D eigenvalue weighted by Gasteiger charge is 2.18. The molecule has 6 rings (SSSR count). The second kappa shape index (κ2) is 7.59. The van der Waals surface area contributed by atoms with E-state index in [-0.39, 0.29) is 11.5 Å². The molecule has 2 aliphatic heterocycles. The highest BCUT2D eigenvalue weighted by Crippen LogP contribution is 2.37. The molecular formula is C23H20N4O4S. The maximum Gasteiger partial charge on any atom is 0.261 e. The summed E-state index contributed by atoms with van der Waals surface area (Å²) in [5.74, 6) is 1.87. The third-order valence-corrected chi connectivity index (χ3v) is 6.79. The number of aryl methyl sites for hydroxylation is 1. The van der Waals surface area contributed by atoms with E-state index in [2.05, 4.69) is 10.3 Å². The first kappa shape index (κ1) is 19.2. The molecule has 0 bridgehead atoms. The Hall–Kier alpha value is -3.46. The molecule has 9 heteroatoms. The first-order valence-electron chi connectivity index (χ1n) is 10.7. The van der Waals surface area contributed by atoms with E-state index in [1.807, 2.05) is 12.1 Å². The van der Waals surface area contributed by atoms with E-state index >= 15 is 0 Å². The summed E-state index contributed by atoms with van der Waals surface area (Å²) in [6.07, 6.45) is 3.89. The summed E-state index contributed by atoms with van der Waals surface area (Å²) in [5.41, 5.74) is 1.71. The number of carbonyl (C=O) groups excluding carboxylic acids is 1. The van der Waals surface area contributed by atoms with Crippen molar-refractivity contribution in [2.75, 3.05) is 18.5 Å². The van der Waals surface area contributed by atoms with Gasteiger partial charge in [-0.25, -0.2) is 9.97 Å². The molecular weight excluding hydrogens is 428 g/mol. The minimum Gasteiger partial charge on any atom is -0.486 e. The normalized spacial score (nSPS) is 15.4. The van der Waals surface area contributed by atoms with Gasteiger partial charge in [-0.1, -0.05) is 17.8 Å². The van der Waals surface area contributed by atoms with E-state index < -0.39 is 0 Å². The smallest absolute Gasteiger partial charge is 0.261 e. The lowest BCUT2D eigenvalue weighted by Gasteiger charge is -2.17. The van der Waals surface area contributed by atoms with Crippen molar-refractivity contribution in [3.63, 3.8) is 0 Å². The van der Waals surface area contributed by atoms with Crippen LogP contribution in [0.15, 0.2) is 35.1 Å². The molecule has 0 spiro atoms. The molecule has 162 valence electrons. The van der Waals surface area contributed by atoms with Crippen molar-refractivity contribution in [1.82, 2.24) is 14.5 Å². The molecule has 1 amide bonds. The van der Waals surface area contributed by atoms with Crippen LogP contribution in [0.1, 0.15) is 35.4 Å². The number of aromatic nitrogens is 3. The number of ether oxygens (including phenoxy) is 2. The van der Waals surface area contributed by atoms with E-state index in [4.69, 9.17) is 14.5 Å². The van der Waals surface area contributed by atoms with Gasteiger partial charge in [-0.15, -0.1) is 0 Å². The van der Waals surface area contributed by atoms with Crippen molar-refractivity contribution in [1.29, 1.82) is 0 Å². The number of benzene rings is 2. The molecule has 0 aliphatic carbocycles. The van der Waals surface area contributed by atoms with Crippen molar-refractivity contribution in [3.8, 4) is 11.5 Å². The predicted octanol–water partition coefficient (Wildman–Crippen LogP) is 3.76. The lowest BCUT2D eigenvalue weighted by atomic mass is 10.1. The van der Waals surface area contributed by atoms with Gasteiger partial charge in [0.05, 0.1) is 21.1 Å². The number of nitrogens with one attached hydrogen (secondary N) is 1. The van der Waals surface area contributed by atoms with E-state index in [0.29, 0.717) is 52.9 Å². The Labute approximate surface area is 186 Å². The zero-order valence-corrected chi connectivity index (χ0v) is 18.0. The minimum absolute atomic E-state index is 0.0292. The maximum atomic E-state index is 12.9. The van der Waals surface area contributed by atoms with Crippen LogP contribution in [-0.2, 0) is 13.0 Å². The number of amides is 1. The van der Waals surface area contributed by atoms with Gasteiger partial charge in [0, 0.05) is 30.7 Å². The molecule has 0 unspecified atom stereocenters. The fraction of sp³-hybridized carbons (Fsp3) is 0.304. The summed E-state index contributed by atoms with van der Waals surface area (Å²) in [4.78, 5) is 35.0. The van der Waals surface area contributed by atoms with E-state index in [0.717, 1.165) is 41.7 Å². The summed E-state index contributed by atoms with van der Waals surface area (Å²) in [7, 11) is 0. The molecule has 1 N–H and O–H groups in total. The van der Waals surface area contributed by atoms with Crippen LogP contribution >= 0.6 is 11.3 Å². The number of hydrogen-bond acceptors (Lipinski definition) is 7. The molecule has 0 atom stereocenters. The molecule has 4 heterocycles. The summed E-state index contributed by atoms with van der Waals surface area (Å²) in [6, 6.07) is 8.76. The molecule has 0 saturated carbocycles. The Bertz CT molecular complexity index is 1400. The largest absolute Gasteiger partial charge is 0.486 e. The van der Waals surface area contributed by atoms with Crippen molar-refractivity contribution in [2.24, 2.45) is 0 Å². The highest BCUT2D eigenvalue weighted by atomic mass is 32.1. The van der Waals surface area contributed by atoms with Crippen molar-refractivity contribution in [3.05, 3.63) is 52.1 Å². The van der Waals surface area contributed by atoms with Gasteiger partial charge in [-0.3, -0.25) is 19.5 Å². The van der Waals surface area contributed by atoms with Crippen LogP contribution in [0.2, 0.25) is 0 Å². The minimum atomic E-state index is -0.292. The third kappa shape index (κ3) is 3.29. The topological polar surface area (TPSA) is 95.3 Å². The van der Waals surface area contributed by atoms with Gasteiger partial charge < -0.3 is 9.47 Å². The summed E-state index contributed by atoms with van der Waals surface area (Å²) < 4.78 is 13.9. The zero-order valence-electron chi connectivity index (χ0n) is 17.2. The zero-order chi connectivity index (χ0) is 21.7. The molecule has 0 fully saturated rings. The van der Waals surface area contributed by atoms with Gasteiger partial charge in [0.15, 0.2) is 16.6 Å². The Balaban J connectivity index is 1.31. The second-order valence-corrected chi connectivity index (χ2v) is 8.99. The number of nitrogens with zero attached hydrogens (tertiary/aromatic N) is 3. The number of hydrogen-bond donors (Lipinski definition) is 1. The second-order valence-electron chi connectivity index (χ2n) is 7.96. The van der Waals surface area contributed by atoms with E-state index in [1.54, 1.807) is 22.8 Å². The van der Waals surface area contributed by atoms with Crippen LogP contribution in [0.25, 0.3) is 21.1 Å². The number of anilines is 1. The predicted molar refractivity (Wildman–Crippen MR) is 122 cm³/mol. The molecule has 8 nitrogen and oxygen atoms in total. The summed E-state index contributed by atoms with van der Waals surface area (Å²) >= 11 is 1.37. The fourth-order valence-electron chi connectivity index (χ4n) is 4.25. The maximum absolute atomic E-state index is 12.9. The molecule has 2 aliphatic rings. The van der Waals surface area contributed by atoms with Gasteiger partial charge in [-0.2, -0.15) is 0 Å². The first-order valence-corrected chi connectivity index (χ1v) is 11.5. The van der Waals surface area contributed by atoms with Crippen LogP contribution in [0.5, 0.6) is 11.5 Å². The monoisotopic (exact) mass is 448 g/mol.